The lowest BCUT2D eigenvalue weighted by Gasteiger charge is -2.17. The molecular weight excluding hydrogens is 1790 g/mol. The van der Waals surface area contributed by atoms with Crippen LogP contribution in [-0.2, 0) is 14.4 Å². The SMILES string of the molecule is CC(=O)Nc1ccc(C2=Nc3ccc(C)cc3OC2)cc1.CC(=O)Nc1ccc(C2=Nc3ccc(C)cc3OC2)cc1.CC(=O)Nc1ccc(C2=Nc3ccc(Cl)cc3OC2)cc1.Cc1ccc(C2=Nc3ccc(C)cc3OC2)cc1.Cc1ccc(C2=Nc3ccc(F)cc3OC2)cc1.Cc1ccc(C2=Nc3ccc(F)cc3OC2)cc1.Fc1ccc2c(c1)OCC(c1ccc(-c3ccccc3)cc1)=N2. The van der Waals surface area contributed by atoms with Crippen molar-refractivity contribution in [3.05, 3.63) is 422 Å². The maximum Gasteiger partial charge on any atom is 0.221 e. The molecule has 0 saturated heterocycles. The summed E-state index contributed by atoms with van der Waals surface area (Å²) in [5.41, 5.74) is 30.6. The normalized spacial score (nSPS) is 13.2. The Balaban J connectivity index is 0.000000118. The van der Waals surface area contributed by atoms with Gasteiger partial charge in [0.25, 0.3) is 0 Å². The molecule has 140 heavy (non-hydrogen) atoms. The zero-order chi connectivity index (χ0) is 97.7. The zero-order valence-corrected chi connectivity index (χ0v) is 79.1. The van der Waals surface area contributed by atoms with Gasteiger partial charge < -0.3 is 49.1 Å². The molecule has 3 N–H and O–H groups in total. The van der Waals surface area contributed by atoms with Crippen LogP contribution < -0.4 is 49.1 Å². The molecule has 15 aromatic carbocycles. The number of carbonyl (C=O) groups excluding carboxylic acids is 3. The number of rotatable bonds is 11. The van der Waals surface area contributed by atoms with Crippen molar-refractivity contribution in [1.29, 1.82) is 0 Å². The summed E-state index contributed by atoms with van der Waals surface area (Å²) in [5.74, 6) is 3.57. The van der Waals surface area contributed by atoms with Crippen molar-refractivity contribution in [1.82, 2.24) is 0 Å². The van der Waals surface area contributed by atoms with E-state index in [9.17, 15) is 27.6 Å². The second-order valence-electron chi connectivity index (χ2n) is 33.6. The highest BCUT2D eigenvalue weighted by molar-refractivity contribution is 6.31. The van der Waals surface area contributed by atoms with Crippen LogP contribution in [0.15, 0.2) is 363 Å². The van der Waals surface area contributed by atoms with E-state index in [0.717, 1.165) is 153 Å². The van der Waals surface area contributed by atoms with Crippen LogP contribution in [0.4, 0.5) is 70.0 Å². The lowest BCUT2D eigenvalue weighted by molar-refractivity contribution is -0.115. The molecule has 0 aromatic heterocycles. The number of hydrogen-bond donors (Lipinski definition) is 3. The molecule has 0 bridgehead atoms. The van der Waals surface area contributed by atoms with Crippen molar-refractivity contribution in [3.8, 4) is 51.4 Å². The van der Waals surface area contributed by atoms with Gasteiger partial charge in [-0.25, -0.2) is 48.1 Å². The first-order chi connectivity index (χ1) is 67.8. The predicted molar refractivity (Wildman–Crippen MR) is 554 cm³/mol. The lowest BCUT2D eigenvalue weighted by Crippen LogP contribution is -2.16. The summed E-state index contributed by atoms with van der Waals surface area (Å²) >= 11 is 5.93. The first-order valence-electron chi connectivity index (χ1n) is 45.2. The number of hydrogen-bond acceptors (Lipinski definition) is 17. The van der Waals surface area contributed by atoms with E-state index in [4.69, 9.17) is 44.8 Å². The van der Waals surface area contributed by atoms with Crippen LogP contribution in [0.2, 0.25) is 5.02 Å². The van der Waals surface area contributed by atoms with Gasteiger partial charge in [0.05, 0.1) is 40.0 Å². The third-order valence-electron chi connectivity index (χ3n) is 22.5. The lowest BCUT2D eigenvalue weighted by atomic mass is 10.0. The fourth-order valence-corrected chi connectivity index (χ4v) is 15.3. The molecule has 0 aliphatic carbocycles. The highest BCUT2D eigenvalue weighted by atomic mass is 35.5. The second-order valence-corrected chi connectivity index (χ2v) is 34.0. The molecule has 0 saturated carbocycles. The minimum absolute atomic E-state index is 0.0783. The van der Waals surface area contributed by atoms with Crippen LogP contribution in [0.25, 0.3) is 11.1 Å². The number of aliphatic imine (C=N–C) groups is 7. The highest BCUT2D eigenvalue weighted by Gasteiger charge is 2.24. The molecule has 0 spiro atoms. The van der Waals surface area contributed by atoms with Crippen molar-refractivity contribution in [3.63, 3.8) is 0 Å². The summed E-state index contributed by atoms with van der Waals surface area (Å²) in [6.07, 6.45) is 0. The molecule has 15 aromatic rings. The topological polar surface area (TPSA) is 238 Å². The van der Waals surface area contributed by atoms with Crippen molar-refractivity contribution in [2.24, 2.45) is 34.9 Å². The third-order valence-corrected chi connectivity index (χ3v) is 22.7. The average Bonchev–Trinajstić information content (AvgIpc) is 0.499. The van der Waals surface area contributed by atoms with Gasteiger partial charge >= 0.3 is 0 Å². The van der Waals surface area contributed by atoms with Crippen LogP contribution in [0.1, 0.15) is 93.1 Å². The van der Waals surface area contributed by atoms with E-state index in [1.54, 1.807) is 30.3 Å². The van der Waals surface area contributed by atoms with E-state index >= 15 is 0 Å². The Kier molecular flexibility index (Phi) is 31.0. The number of nitrogens with zero attached hydrogens (tertiary/aromatic N) is 7. The number of carbonyl (C=O) groups is 3. The van der Waals surface area contributed by atoms with Gasteiger partial charge in [-0.3, -0.25) is 14.4 Å². The Morgan fingerprint density at radius 3 is 0.671 bits per heavy atom. The molecular formula is C116H98ClF3N10O10. The molecule has 7 aliphatic heterocycles. The molecule has 700 valence electrons. The minimum Gasteiger partial charge on any atom is -0.485 e. The fraction of sp³-hybridized carbons (Fsp3) is 0.138. The van der Waals surface area contributed by atoms with Crippen molar-refractivity contribution < 1.29 is 60.7 Å². The summed E-state index contributed by atoms with van der Waals surface area (Å²) in [6, 6.07) is 102. The number of anilines is 3. The maximum absolute atomic E-state index is 13.2. The van der Waals surface area contributed by atoms with Gasteiger partial charge in [0, 0.05) is 67.1 Å². The molecule has 24 heteroatoms. The summed E-state index contributed by atoms with van der Waals surface area (Å²) < 4.78 is 78.9. The minimum atomic E-state index is -0.311. The summed E-state index contributed by atoms with van der Waals surface area (Å²) in [5, 5.41) is 8.86. The number of amides is 3. The zero-order valence-electron chi connectivity index (χ0n) is 78.4. The number of fused-ring (bicyclic) bond motifs is 7. The number of ether oxygens (including phenoxy) is 7. The molecule has 0 fully saturated rings. The number of halogens is 4. The quantitative estimate of drug-likeness (QED) is 0.111. The van der Waals surface area contributed by atoms with Crippen LogP contribution in [0.3, 0.4) is 0 Å². The summed E-state index contributed by atoms with van der Waals surface area (Å²) in [7, 11) is 0. The Bertz CT molecular complexity index is 6750. The van der Waals surface area contributed by atoms with E-state index in [1.807, 2.05) is 234 Å². The van der Waals surface area contributed by atoms with Gasteiger partial charge in [-0.1, -0.05) is 210 Å². The van der Waals surface area contributed by atoms with E-state index < -0.39 is 0 Å². The highest BCUT2D eigenvalue weighted by Crippen LogP contribution is 2.41. The molecule has 22 rings (SSSR count). The number of nitrogens with one attached hydrogen (secondary N) is 3. The number of aryl methyl sites for hydroxylation is 6. The molecule has 0 radical (unpaired) electrons. The van der Waals surface area contributed by atoms with Crippen molar-refractivity contribution in [2.45, 2.75) is 62.3 Å². The third kappa shape index (κ3) is 26.0. The second kappa shape index (κ2) is 45.2. The largest absolute Gasteiger partial charge is 0.485 e. The van der Waals surface area contributed by atoms with Gasteiger partial charge in [0.15, 0.2) is 0 Å². The molecule has 20 nitrogen and oxygen atoms in total. The molecule has 7 heterocycles. The molecule has 0 unspecified atom stereocenters. The van der Waals surface area contributed by atoms with Gasteiger partial charge in [0.2, 0.25) is 17.7 Å². The molecule has 0 atom stereocenters. The Morgan fingerprint density at radius 2 is 0.421 bits per heavy atom. The van der Waals surface area contributed by atoms with Crippen molar-refractivity contribution >= 4 is 126 Å². The van der Waals surface area contributed by atoms with Gasteiger partial charge in [-0.15, -0.1) is 0 Å². The molecule has 7 aliphatic rings. The fourth-order valence-electron chi connectivity index (χ4n) is 15.1. The smallest absolute Gasteiger partial charge is 0.221 e. The van der Waals surface area contributed by atoms with Crippen molar-refractivity contribution in [2.75, 3.05) is 62.2 Å². The van der Waals surface area contributed by atoms with Gasteiger partial charge in [0.1, 0.15) is 144 Å². The van der Waals surface area contributed by atoms with Crippen LogP contribution in [0.5, 0.6) is 40.2 Å². The first kappa shape index (κ1) is 96.2. The monoisotopic (exact) mass is 1880 g/mol. The van der Waals surface area contributed by atoms with Crippen LogP contribution >= 0.6 is 11.6 Å². The Labute approximate surface area is 815 Å². The van der Waals surface area contributed by atoms with Gasteiger partial charge in [-0.2, -0.15) is 0 Å². The maximum atomic E-state index is 13.2. The summed E-state index contributed by atoms with van der Waals surface area (Å²) in [4.78, 5) is 65.2. The van der Waals surface area contributed by atoms with Gasteiger partial charge in [-0.05, 0) is 230 Å². The predicted octanol–water partition coefficient (Wildman–Crippen LogP) is 26.9. The Hall–Kier alpha value is -16.9. The first-order valence-corrected chi connectivity index (χ1v) is 45.6. The Morgan fingerprint density at radius 1 is 0.229 bits per heavy atom. The van der Waals surface area contributed by atoms with Crippen LogP contribution in [0, 0.1) is 59.0 Å². The van der Waals surface area contributed by atoms with E-state index in [2.05, 4.69) is 119 Å². The summed E-state index contributed by atoms with van der Waals surface area (Å²) in [6.45, 7) is 19.7. The average molecular weight is 1880 g/mol. The number of benzene rings is 15. The van der Waals surface area contributed by atoms with E-state index in [1.165, 1.54) is 85.0 Å². The molecule has 3 amide bonds. The van der Waals surface area contributed by atoms with E-state index in [0.29, 0.717) is 91.3 Å². The van der Waals surface area contributed by atoms with E-state index in [-0.39, 0.29) is 35.2 Å². The van der Waals surface area contributed by atoms with Crippen LogP contribution in [-0.4, -0.2) is 104 Å². The standard InChI is InChI=1S/C20H14FNO.2C17H16N2O2.C16H13ClN2O2.C16H15NO.2C15H12FNO/c21-17-10-11-18-20(12-17)23-13-19(22-18)16-8-6-15(7-9-16)14-4-2-1-3-5-14;2*1-11-3-8-15-17(9-11)21-10-16(19-15)13-4-6-14(7-5-13)18-12(2)20;1-10(20)18-13-5-2-11(3-6-13)15-9-21-16-8-12(17)4-7-14(16)19-15;1-11-3-6-13(7-4-11)15-10-18-16-9-12(2)5-8-14(16)17-15;2*1-10-2-4-11(5-3-10)14-9-18-15-8-12(16)6-7-13(15)17-14/h1-12H,13H2;2*3-9H,10H2,1-2H3,(H,18,20);2-8H,9H2,1H3,(H,18,20);3-9H,10H2,1-2H3;2*2-8H,9H2,1H3.